The molecule has 2 aromatic heterocycles. The number of benzene rings is 2. The Labute approximate surface area is 198 Å². The Morgan fingerprint density at radius 1 is 1.03 bits per heavy atom. The molecule has 4 rings (SSSR count). The van der Waals surface area contributed by atoms with Gasteiger partial charge in [0.25, 0.3) is 10.0 Å². The number of aromatic nitrogens is 5. The van der Waals surface area contributed by atoms with Crippen molar-refractivity contribution >= 4 is 15.7 Å². The van der Waals surface area contributed by atoms with Crippen molar-refractivity contribution in [1.82, 2.24) is 25.6 Å². The van der Waals surface area contributed by atoms with Crippen LogP contribution >= 0.6 is 0 Å². The minimum Gasteiger partial charge on any atom is -0.487 e. The third-order valence-corrected chi connectivity index (χ3v) is 7.30. The first-order chi connectivity index (χ1) is 16.3. The molecule has 0 fully saturated rings. The normalized spacial score (nSPS) is 11.6. The predicted molar refractivity (Wildman–Crippen MR) is 129 cm³/mol. The first-order valence-electron chi connectivity index (χ1n) is 10.8. The van der Waals surface area contributed by atoms with Gasteiger partial charge < -0.3 is 4.74 Å². The predicted octanol–water partition coefficient (Wildman–Crippen LogP) is 4.06. The fourth-order valence-corrected chi connectivity index (χ4v) is 5.15. The maximum atomic E-state index is 13.5. The third-order valence-electron chi connectivity index (χ3n) is 5.39. The minimum atomic E-state index is -3.90. The second kappa shape index (κ2) is 9.60. The van der Waals surface area contributed by atoms with Crippen molar-refractivity contribution in [2.45, 2.75) is 45.4 Å². The summed E-state index contributed by atoms with van der Waals surface area (Å²) in [6.45, 7) is 7.84. The van der Waals surface area contributed by atoms with Gasteiger partial charge in [-0.15, -0.1) is 10.2 Å². The number of aryl methyl sites for hydroxylation is 2. The zero-order valence-corrected chi connectivity index (χ0v) is 20.2. The number of pyridine rings is 1. The Morgan fingerprint density at radius 2 is 1.76 bits per heavy atom. The van der Waals surface area contributed by atoms with E-state index in [-0.39, 0.29) is 17.7 Å². The molecule has 2 heterocycles. The van der Waals surface area contributed by atoms with Crippen molar-refractivity contribution in [2.24, 2.45) is 0 Å². The molecule has 0 amide bonds. The summed E-state index contributed by atoms with van der Waals surface area (Å²) >= 11 is 0. The van der Waals surface area contributed by atoms with Crippen LogP contribution in [0.15, 0.2) is 65.8 Å². The van der Waals surface area contributed by atoms with E-state index in [9.17, 15) is 8.42 Å². The zero-order valence-electron chi connectivity index (χ0n) is 19.4. The average molecular weight is 479 g/mol. The number of tetrazole rings is 1. The molecule has 0 saturated carbocycles. The monoisotopic (exact) mass is 478 g/mol. The van der Waals surface area contributed by atoms with Crippen LogP contribution in [0.2, 0.25) is 0 Å². The van der Waals surface area contributed by atoms with Crippen LogP contribution in [0.5, 0.6) is 5.75 Å². The van der Waals surface area contributed by atoms with Crippen molar-refractivity contribution in [3.8, 4) is 17.1 Å². The number of hydrogen-bond donors (Lipinski definition) is 1. The van der Waals surface area contributed by atoms with Gasteiger partial charge in [0.2, 0.25) is 5.82 Å². The summed E-state index contributed by atoms with van der Waals surface area (Å²) in [6, 6.07) is 15.8. The zero-order chi connectivity index (χ0) is 24.3. The summed E-state index contributed by atoms with van der Waals surface area (Å²) in [4.78, 5) is 4.08. The van der Waals surface area contributed by atoms with E-state index in [2.05, 4.69) is 25.6 Å². The van der Waals surface area contributed by atoms with Gasteiger partial charge in [0.15, 0.2) is 5.03 Å². The molecule has 0 aliphatic rings. The van der Waals surface area contributed by atoms with Crippen LogP contribution in [-0.4, -0.2) is 40.1 Å². The molecule has 0 unspecified atom stereocenters. The van der Waals surface area contributed by atoms with Gasteiger partial charge >= 0.3 is 0 Å². The van der Waals surface area contributed by atoms with Gasteiger partial charge in [0.05, 0.1) is 5.69 Å². The van der Waals surface area contributed by atoms with E-state index in [4.69, 9.17) is 4.74 Å². The summed E-state index contributed by atoms with van der Waals surface area (Å²) in [6.07, 6.45) is 1.47. The highest BCUT2D eigenvalue weighted by molar-refractivity contribution is 7.92. The van der Waals surface area contributed by atoms with Crippen molar-refractivity contribution in [3.63, 3.8) is 0 Å². The molecule has 9 nitrogen and oxygen atoms in total. The molecule has 0 atom stereocenters. The molecular formula is C24H26N6O3S. The number of H-pyrrole nitrogens is 1. The number of aromatic amines is 1. The number of nitrogens with zero attached hydrogens (tertiary/aromatic N) is 5. The smallest absolute Gasteiger partial charge is 0.282 e. The van der Waals surface area contributed by atoms with Gasteiger partial charge in [-0.25, -0.2) is 4.98 Å². The van der Waals surface area contributed by atoms with E-state index in [0.717, 1.165) is 22.3 Å². The van der Waals surface area contributed by atoms with E-state index in [1.807, 2.05) is 64.1 Å². The highest BCUT2D eigenvalue weighted by Crippen LogP contribution is 2.36. The van der Waals surface area contributed by atoms with E-state index in [1.165, 1.54) is 16.6 Å². The van der Waals surface area contributed by atoms with Crippen molar-refractivity contribution in [3.05, 3.63) is 77.5 Å². The highest BCUT2D eigenvalue weighted by Gasteiger charge is 2.31. The Balaban J connectivity index is 1.66. The van der Waals surface area contributed by atoms with Crippen LogP contribution in [0.25, 0.3) is 11.4 Å². The molecule has 0 spiro atoms. The Morgan fingerprint density at radius 3 is 2.38 bits per heavy atom. The van der Waals surface area contributed by atoms with Gasteiger partial charge in [0.1, 0.15) is 12.4 Å². The van der Waals surface area contributed by atoms with E-state index < -0.39 is 10.0 Å². The summed E-state index contributed by atoms with van der Waals surface area (Å²) < 4.78 is 34.6. The van der Waals surface area contributed by atoms with Crippen LogP contribution in [-0.2, 0) is 16.6 Å². The molecule has 176 valence electrons. The minimum absolute atomic E-state index is 0.00932. The van der Waals surface area contributed by atoms with Gasteiger partial charge in [-0.3, -0.25) is 4.31 Å². The van der Waals surface area contributed by atoms with Crippen molar-refractivity contribution in [2.75, 3.05) is 4.31 Å². The lowest BCUT2D eigenvalue weighted by atomic mass is 10.1. The lowest BCUT2D eigenvalue weighted by Crippen LogP contribution is -2.37. The SMILES string of the molecule is Cc1cc(OCc2ccc(-c3nn[nH]n3)cc2)c(N(C(C)C)S(=O)(=O)c2ccccn2)cc1C. The fourth-order valence-electron chi connectivity index (χ4n) is 3.54. The van der Waals surface area contributed by atoms with Gasteiger partial charge in [0, 0.05) is 17.8 Å². The molecule has 0 radical (unpaired) electrons. The second-order valence-electron chi connectivity index (χ2n) is 8.19. The van der Waals surface area contributed by atoms with Crippen LogP contribution in [0, 0.1) is 13.8 Å². The maximum absolute atomic E-state index is 13.5. The first-order valence-corrected chi connectivity index (χ1v) is 12.2. The van der Waals surface area contributed by atoms with E-state index >= 15 is 0 Å². The van der Waals surface area contributed by atoms with Gasteiger partial charge in [-0.2, -0.15) is 13.6 Å². The topological polar surface area (TPSA) is 114 Å². The maximum Gasteiger partial charge on any atom is 0.282 e. The largest absolute Gasteiger partial charge is 0.487 e. The molecule has 0 aliphatic carbocycles. The third kappa shape index (κ3) is 4.76. The number of rotatable bonds is 8. The number of anilines is 1. The second-order valence-corrected chi connectivity index (χ2v) is 9.95. The number of ether oxygens (including phenoxy) is 1. The number of sulfonamides is 1. The Bertz CT molecular complexity index is 1360. The lowest BCUT2D eigenvalue weighted by molar-refractivity contribution is 0.306. The molecule has 2 aromatic carbocycles. The van der Waals surface area contributed by atoms with Crippen LogP contribution in [0.4, 0.5) is 5.69 Å². The standard InChI is InChI=1S/C24H26N6O3S/c1-16(2)30(34(31,32)23-7-5-6-12-25-23)21-13-17(3)18(4)14-22(21)33-15-19-8-10-20(11-9-19)24-26-28-29-27-24/h5-14,16H,15H2,1-4H3,(H,26,27,28,29). The quantitative estimate of drug-likeness (QED) is 0.406. The first kappa shape index (κ1) is 23.4. The molecule has 0 bridgehead atoms. The van der Waals surface area contributed by atoms with Crippen LogP contribution < -0.4 is 9.04 Å². The Kier molecular flexibility index (Phi) is 6.60. The molecule has 34 heavy (non-hydrogen) atoms. The summed E-state index contributed by atoms with van der Waals surface area (Å²) in [5.41, 5.74) is 4.20. The molecule has 10 heteroatoms. The average Bonchev–Trinajstić information content (AvgIpc) is 3.36. The van der Waals surface area contributed by atoms with Crippen molar-refractivity contribution < 1.29 is 13.2 Å². The lowest BCUT2D eigenvalue weighted by Gasteiger charge is -2.30. The van der Waals surface area contributed by atoms with Crippen LogP contribution in [0.1, 0.15) is 30.5 Å². The number of hydrogen-bond acceptors (Lipinski definition) is 7. The van der Waals surface area contributed by atoms with Crippen molar-refractivity contribution in [1.29, 1.82) is 0 Å². The van der Waals surface area contributed by atoms with Gasteiger partial charge in [-0.05, 0) is 73.9 Å². The Hall–Kier alpha value is -3.79. The molecular weight excluding hydrogens is 452 g/mol. The molecule has 1 N–H and O–H groups in total. The number of nitrogens with one attached hydrogen (secondary N) is 1. The highest BCUT2D eigenvalue weighted by atomic mass is 32.2. The molecule has 4 aromatic rings. The summed E-state index contributed by atoms with van der Waals surface area (Å²) in [5.74, 6) is 0.995. The molecule has 0 aliphatic heterocycles. The summed E-state index contributed by atoms with van der Waals surface area (Å²) in [7, 11) is -3.90. The fraction of sp³-hybridized carbons (Fsp3) is 0.250. The molecule has 0 saturated heterocycles. The van der Waals surface area contributed by atoms with Crippen LogP contribution in [0.3, 0.4) is 0 Å². The van der Waals surface area contributed by atoms with Gasteiger partial charge in [-0.1, -0.05) is 30.3 Å². The van der Waals surface area contributed by atoms with E-state index in [0.29, 0.717) is 17.3 Å². The summed E-state index contributed by atoms with van der Waals surface area (Å²) in [5, 5.41) is 14.0. The van der Waals surface area contributed by atoms with E-state index in [1.54, 1.807) is 12.1 Å².